The Morgan fingerprint density at radius 2 is 1.54 bits per heavy atom. The maximum atomic E-state index is 13.5. The fourth-order valence-corrected chi connectivity index (χ4v) is 4.93. The first-order valence-corrected chi connectivity index (χ1v) is 11.0. The van der Waals surface area contributed by atoms with Crippen LogP contribution in [0.3, 0.4) is 0 Å². The lowest BCUT2D eigenvalue weighted by molar-refractivity contribution is 0.261. The molecule has 28 heavy (non-hydrogen) atoms. The lowest BCUT2D eigenvalue weighted by Crippen LogP contribution is -2.26. The molecule has 7 heteroatoms. The van der Waals surface area contributed by atoms with E-state index < -0.39 is 10.0 Å². The second-order valence-corrected chi connectivity index (χ2v) is 8.94. The number of nitrogens with zero attached hydrogens (tertiary/aromatic N) is 1. The van der Waals surface area contributed by atoms with Crippen molar-refractivity contribution in [3.63, 3.8) is 0 Å². The van der Waals surface area contributed by atoms with E-state index in [1.165, 1.54) is 4.31 Å². The van der Waals surface area contributed by atoms with Gasteiger partial charge in [-0.1, -0.05) is 36.4 Å². The molecule has 0 amide bonds. The van der Waals surface area contributed by atoms with Gasteiger partial charge in [0.25, 0.3) is 10.0 Å². The van der Waals surface area contributed by atoms with Gasteiger partial charge in [-0.2, -0.15) is 0 Å². The highest BCUT2D eigenvalue weighted by Gasteiger charge is 2.28. The molecule has 0 N–H and O–H groups in total. The van der Waals surface area contributed by atoms with E-state index in [0.29, 0.717) is 34.8 Å². The topological polar surface area (TPSA) is 59.1 Å². The van der Waals surface area contributed by atoms with Gasteiger partial charge in [0, 0.05) is 0 Å². The van der Waals surface area contributed by atoms with Gasteiger partial charge in [-0.05, 0) is 58.4 Å². The SMILES string of the molecule is O=S(=O)(c1ccc(OCC2CO2)c(Br)c1)N(c1ccccc1)c1ccccc1. The average Bonchev–Trinajstić information content (AvgIpc) is 3.53. The van der Waals surface area contributed by atoms with Crippen LogP contribution < -0.4 is 9.04 Å². The van der Waals surface area contributed by atoms with E-state index in [2.05, 4.69) is 15.9 Å². The number of epoxide rings is 1. The van der Waals surface area contributed by atoms with Crippen molar-refractivity contribution in [1.29, 1.82) is 0 Å². The summed E-state index contributed by atoms with van der Waals surface area (Å²) in [5.74, 6) is 0.584. The average molecular weight is 460 g/mol. The maximum absolute atomic E-state index is 13.5. The fourth-order valence-electron chi connectivity index (χ4n) is 2.76. The van der Waals surface area contributed by atoms with Gasteiger partial charge in [-0.25, -0.2) is 12.7 Å². The van der Waals surface area contributed by atoms with Crippen LogP contribution in [-0.4, -0.2) is 27.7 Å². The third kappa shape index (κ3) is 4.06. The molecule has 1 saturated heterocycles. The first kappa shape index (κ1) is 19.0. The normalized spacial score (nSPS) is 15.8. The van der Waals surface area contributed by atoms with Crippen LogP contribution in [0.25, 0.3) is 0 Å². The van der Waals surface area contributed by atoms with E-state index >= 15 is 0 Å². The van der Waals surface area contributed by atoms with Crippen LogP contribution in [-0.2, 0) is 14.8 Å². The van der Waals surface area contributed by atoms with Crippen LogP contribution in [0.4, 0.5) is 11.4 Å². The quantitative estimate of drug-likeness (QED) is 0.478. The summed E-state index contributed by atoms with van der Waals surface area (Å²) >= 11 is 3.42. The lowest BCUT2D eigenvalue weighted by Gasteiger charge is -2.25. The van der Waals surface area contributed by atoms with E-state index in [4.69, 9.17) is 9.47 Å². The number of anilines is 2. The molecule has 0 saturated carbocycles. The van der Waals surface area contributed by atoms with Gasteiger partial charge in [-0.3, -0.25) is 0 Å². The van der Waals surface area contributed by atoms with Gasteiger partial charge in [0.1, 0.15) is 18.5 Å². The highest BCUT2D eigenvalue weighted by Crippen LogP contribution is 2.35. The van der Waals surface area contributed by atoms with Gasteiger partial charge in [-0.15, -0.1) is 0 Å². The standard InChI is InChI=1S/C21H18BrNO4S/c22-20-13-19(11-12-21(20)27-15-18-14-26-18)28(24,25)23(16-7-3-1-4-8-16)17-9-5-2-6-10-17/h1-13,18H,14-15H2. The van der Waals surface area contributed by atoms with Crippen molar-refractivity contribution in [1.82, 2.24) is 0 Å². The Bertz CT molecular complexity index is 1010. The number of benzene rings is 3. The second kappa shape index (κ2) is 7.95. The van der Waals surface area contributed by atoms with E-state index in [0.717, 1.165) is 0 Å². The Kier molecular flexibility index (Phi) is 5.39. The molecule has 0 radical (unpaired) electrons. The number of hydrogen-bond donors (Lipinski definition) is 0. The lowest BCUT2D eigenvalue weighted by atomic mass is 10.3. The highest BCUT2D eigenvalue weighted by molar-refractivity contribution is 9.10. The predicted octanol–water partition coefficient (Wildman–Crippen LogP) is 4.75. The molecular weight excluding hydrogens is 442 g/mol. The largest absolute Gasteiger partial charge is 0.490 e. The Morgan fingerprint density at radius 1 is 0.964 bits per heavy atom. The minimum absolute atomic E-state index is 0.127. The van der Waals surface area contributed by atoms with Gasteiger partial charge in [0.2, 0.25) is 0 Å². The Morgan fingerprint density at radius 3 is 2.04 bits per heavy atom. The minimum atomic E-state index is -3.84. The molecule has 1 atom stereocenters. The van der Waals surface area contributed by atoms with Crippen LogP contribution in [0.1, 0.15) is 0 Å². The third-order valence-corrected chi connectivity index (χ3v) is 6.62. The first-order valence-electron chi connectivity index (χ1n) is 8.75. The van der Waals surface area contributed by atoms with Crippen molar-refractivity contribution < 1.29 is 17.9 Å². The van der Waals surface area contributed by atoms with Crippen LogP contribution in [0.2, 0.25) is 0 Å². The summed E-state index contributed by atoms with van der Waals surface area (Å²) in [6, 6.07) is 22.8. The number of para-hydroxylation sites is 2. The molecule has 1 aliphatic heterocycles. The fraction of sp³-hybridized carbons (Fsp3) is 0.143. The number of rotatable bonds is 7. The summed E-state index contributed by atoms with van der Waals surface area (Å²) in [5, 5.41) is 0. The third-order valence-electron chi connectivity index (χ3n) is 4.25. The molecule has 0 bridgehead atoms. The van der Waals surface area contributed by atoms with Crippen molar-refractivity contribution in [2.75, 3.05) is 17.5 Å². The van der Waals surface area contributed by atoms with E-state index in [9.17, 15) is 8.42 Å². The van der Waals surface area contributed by atoms with Gasteiger partial charge < -0.3 is 9.47 Å². The van der Waals surface area contributed by atoms with E-state index in [-0.39, 0.29) is 11.0 Å². The zero-order chi connectivity index (χ0) is 19.6. The van der Waals surface area contributed by atoms with Crippen LogP contribution in [0.5, 0.6) is 5.75 Å². The van der Waals surface area contributed by atoms with Crippen molar-refractivity contribution in [3.05, 3.63) is 83.3 Å². The monoisotopic (exact) mass is 459 g/mol. The Balaban J connectivity index is 1.72. The molecule has 0 spiro atoms. The number of ether oxygens (including phenoxy) is 2. The van der Waals surface area contributed by atoms with Gasteiger partial charge in [0.05, 0.1) is 27.3 Å². The highest BCUT2D eigenvalue weighted by atomic mass is 79.9. The zero-order valence-electron chi connectivity index (χ0n) is 14.9. The minimum Gasteiger partial charge on any atom is -0.490 e. The van der Waals surface area contributed by atoms with Crippen LogP contribution in [0, 0.1) is 0 Å². The Hall–Kier alpha value is -2.35. The smallest absolute Gasteiger partial charge is 0.268 e. The molecule has 3 aromatic rings. The summed E-state index contributed by atoms with van der Waals surface area (Å²) in [5.41, 5.74) is 1.13. The molecule has 1 heterocycles. The molecule has 1 aliphatic rings. The van der Waals surface area contributed by atoms with Crippen LogP contribution in [0.15, 0.2) is 88.2 Å². The summed E-state index contributed by atoms with van der Waals surface area (Å²) in [6.45, 7) is 1.15. The molecule has 144 valence electrons. The molecule has 3 aromatic carbocycles. The summed E-state index contributed by atoms with van der Waals surface area (Å²) < 4.78 is 39.8. The van der Waals surface area contributed by atoms with Crippen molar-refractivity contribution in [2.45, 2.75) is 11.0 Å². The molecule has 5 nitrogen and oxygen atoms in total. The second-order valence-electron chi connectivity index (χ2n) is 6.30. The molecule has 4 rings (SSSR count). The van der Waals surface area contributed by atoms with Gasteiger partial charge in [0.15, 0.2) is 0 Å². The van der Waals surface area contributed by atoms with Crippen molar-refractivity contribution in [3.8, 4) is 5.75 Å². The summed E-state index contributed by atoms with van der Waals surface area (Å²) in [7, 11) is -3.84. The van der Waals surface area contributed by atoms with Crippen molar-refractivity contribution in [2.24, 2.45) is 0 Å². The predicted molar refractivity (Wildman–Crippen MR) is 112 cm³/mol. The van der Waals surface area contributed by atoms with E-state index in [1.54, 1.807) is 42.5 Å². The molecule has 0 aliphatic carbocycles. The maximum Gasteiger partial charge on any atom is 0.268 e. The molecule has 1 fully saturated rings. The van der Waals surface area contributed by atoms with E-state index in [1.807, 2.05) is 36.4 Å². The summed E-state index contributed by atoms with van der Waals surface area (Å²) in [6.07, 6.45) is 0.127. The Labute approximate surface area is 172 Å². The zero-order valence-corrected chi connectivity index (χ0v) is 17.3. The van der Waals surface area contributed by atoms with Gasteiger partial charge >= 0.3 is 0 Å². The van der Waals surface area contributed by atoms with Crippen molar-refractivity contribution >= 4 is 37.3 Å². The molecule has 1 unspecified atom stereocenters. The molecule has 0 aromatic heterocycles. The first-order chi connectivity index (χ1) is 13.6. The van der Waals surface area contributed by atoms with Crippen LogP contribution >= 0.6 is 15.9 Å². The molecular formula is C21H18BrNO4S. The number of hydrogen-bond acceptors (Lipinski definition) is 4. The summed E-state index contributed by atoms with van der Waals surface area (Å²) in [4.78, 5) is 0.169. The number of halogens is 1. The number of sulfonamides is 1.